The summed E-state index contributed by atoms with van der Waals surface area (Å²) in [6.07, 6.45) is 3.79. The van der Waals surface area contributed by atoms with Gasteiger partial charge in [0.25, 0.3) is 0 Å². The maximum Gasteiger partial charge on any atom is 0.305 e. The molecule has 0 spiro atoms. The molecule has 0 aliphatic carbocycles. The van der Waals surface area contributed by atoms with Crippen LogP contribution in [-0.4, -0.2) is 28.6 Å². The van der Waals surface area contributed by atoms with Gasteiger partial charge < -0.3 is 5.11 Å². The molecule has 1 aromatic carbocycles. The number of benzene rings is 1. The van der Waals surface area contributed by atoms with Crippen molar-refractivity contribution in [2.75, 3.05) is 6.54 Å². The number of hydrogen-bond acceptors (Lipinski definition) is 2. The van der Waals surface area contributed by atoms with E-state index in [4.69, 9.17) is 5.11 Å². The summed E-state index contributed by atoms with van der Waals surface area (Å²) in [4.78, 5) is 13.5. The highest BCUT2D eigenvalue weighted by atomic mass is 16.4. The van der Waals surface area contributed by atoms with E-state index in [1.165, 1.54) is 19.3 Å². The fraction of sp³-hybridized carbons (Fsp3) is 0.533. The standard InChI is InChI=1S/C15H21NO2/c1-12-7-5-6-10-16(12)14(11-15(17)18)13-8-3-2-4-9-13/h2-4,8-9,12,14H,5-7,10-11H2,1H3,(H,17,18). The van der Waals surface area contributed by atoms with Crippen LogP contribution >= 0.6 is 0 Å². The van der Waals surface area contributed by atoms with Crippen molar-refractivity contribution >= 4 is 5.97 Å². The molecule has 0 saturated carbocycles. The summed E-state index contributed by atoms with van der Waals surface area (Å²) in [7, 11) is 0. The van der Waals surface area contributed by atoms with Gasteiger partial charge in [-0.1, -0.05) is 36.8 Å². The molecule has 1 heterocycles. The molecule has 0 bridgehead atoms. The monoisotopic (exact) mass is 247 g/mol. The topological polar surface area (TPSA) is 40.5 Å². The van der Waals surface area contributed by atoms with Crippen molar-refractivity contribution in [3.05, 3.63) is 35.9 Å². The molecule has 1 aliphatic heterocycles. The Hall–Kier alpha value is -1.35. The van der Waals surface area contributed by atoms with E-state index in [9.17, 15) is 4.79 Å². The molecule has 1 fully saturated rings. The molecule has 3 heteroatoms. The van der Waals surface area contributed by atoms with Gasteiger partial charge in [0.2, 0.25) is 0 Å². The highest BCUT2D eigenvalue weighted by Crippen LogP contribution is 2.30. The molecule has 98 valence electrons. The van der Waals surface area contributed by atoms with Crippen LogP contribution in [0.3, 0.4) is 0 Å². The fourth-order valence-corrected chi connectivity index (χ4v) is 2.85. The van der Waals surface area contributed by atoms with Crippen LogP contribution in [0.1, 0.15) is 44.2 Å². The second kappa shape index (κ2) is 6.01. The average molecular weight is 247 g/mol. The van der Waals surface area contributed by atoms with E-state index in [0.29, 0.717) is 6.04 Å². The van der Waals surface area contributed by atoms with Gasteiger partial charge in [-0.3, -0.25) is 9.69 Å². The lowest BCUT2D eigenvalue weighted by Crippen LogP contribution is -2.41. The van der Waals surface area contributed by atoms with Crippen molar-refractivity contribution in [3.8, 4) is 0 Å². The van der Waals surface area contributed by atoms with Crippen LogP contribution in [0.25, 0.3) is 0 Å². The molecule has 0 amide bonds. The second-order valence-corrected chi connectivity index (χ2v) is 5.11. The molecule has 0 aromatic heterocycles. The number of carbonyl (C=O) groups is 1. The van der Waals surface area contributed by atoms with Crippen molar-refractivity contribution in [3.63, 3.8) is 0 Å². The number of piperidine rings is 1. The lowest BCUT2D eigenvalue weighted by Gasteiger charge is -2.39. The fourth-order valence-electron chi connectivity index (χ4n) is 2.85. The van der Waals surface area contributed by atoms with Crippen molar-refractivity contribution < 1.29 is 9.90 Å². The van der Waals surface area contributed by atoms with Crippen LogP contribution in [-0.2, 0) is 4.79 Å². The maximum absolute atomic E-state index is 11.1. The Morgan fingerprint density at radius 2 is 2.11 bits per heavy atom. The molecular weight excluding hydrogens is 226 g/mol. The number of nitrogens with zero attached hydrogens (tertiary/aromatic N) is 1. The van der Waals surface area contributed by atoms with Gasteiger partial charge >= 0.3 is 5.97 Å². The summed E-state index contributed by atoms with van der Waals surface area (Å²) in [6, 6.07) is 10.5. The van der Waals surface area contributed by atoms with Gasteiger partial charge in [-0.15, -0.1) is 0 Å². The Morgan fingerprint density at radius 3 is 2.72 bits per heavy atom. The van der Waals surface area contributed by atoms with Crippen LogP contribution in [0.4, 0.5) is 0 Å². The molecule has 2 atom stereocenters. The van der Waals surface area contributed by atoms with E-state index < -0.39 is 5.97 Å². The van der Waals surface area contributed by atoms with Gasteiger partial charge in [0.05, 0.1) is 6.42 Å². The number of hydrogen-bond donors (Lipinski definition) is 1. The van der Waals surface area contributed by atoms with Crippen LogP contribution < -0.4 is 0 Å². The zero-order valence-corrected chi connectivity index (χ0v) is 10.9. The van der Waals surface area contributed by atoms with Gasteiger partial charge in [0.15, 0.2) is 0 Å². The van der Waals surface area contributed by atoms with Crippen LogP contribution in [0.15, 0.2) is 30.3 Å². The van der Waals surface area contributed by atoms with Crippen LogP contribution in [0.2, 0.25) is 0 Å². The third-order valence-electron chi connectivity index (χ3n) is 3.81. The molecule has 1 N–H and O–H groups in total. The summed E-state index contributed by atoms with van der Waals surface area (Å²) in [5, 5.41) is 9.14. The molecule has 2 unspecified atom stereocenters. The lowest BCUT2D eigenvalue weighted by molar-refractivity contribution is -0.138. The van der Waals surface area contributed by atoms with Crippen molar-refractivity contribution in [1.82, 2.24) is 4.90 Å². The van der Waals surface area contributed by atoms with Crippen molar-refractivity contribution in [2.24, 2.45) is 0 Å². The average Bonchev–Trinajstić information content (AvgIpc) is 2.38. The molecule has 1 aliphatic rings. The Kier molecular flexibility index (Phi) is 4.37. The molecule has 18 heavy (non-hydrogen) atoms. The number of carboxylic acids is 1. The van der Waals surface area contributed by atoms with Gasteiger partial charge in [0.1, 0.15) is 0 Å². The minimum Gasteiger partial charge on any atom is -0.481 e. The quantitative estimate of drug-likeness (QED) is 0.889. The molecule has 3 nitrogen and oxygen atoms in total. The molecule has 2 rings (SSSR count). The first-order valence-corrected chi connectivity index (χ1v) is 6.71. The smallest absolute Gasteiger partial charge is 0.305 e. The van der Waals surface area contributed by atoms with Crippen LogP contribution in [0, 0.1) is 0 Å². The van der Waals surface area contributed by atoms with Crippen molar-refractivity contribution in [2.45, 2.75) is 44.7 Å². The number of rotatable bonds is 4. The normalized spacial score (nSPS) is 22.6. The predicted octanol–water partition coefficient (Wildman–Crippen LogP) is 3.08. The van der Waals surface area contributed by atoms with E-state index >= 15 is 0 Å². The van der Waals surface area contributed by atoms with Crippen LogP contribution in [0.5, 0.6) is 0 Å². The zero-order valence-electron chi connectivity index (χ0n) is 10.9. The number of likely N-dealkylation sites (tertiary alicyclic amines) is 1. The number of carboxylic acid groups (broad SMARTS) is 1. The molecule has 1 saturated heterocycles. The van der Waals surface area contributed by atoms with Gasteiger partial charge in [-0.25, -0.2) is 0 Å². The first-order valence-electron chi connectivity index (χ1n) is 6.71. The van der Waals surface area contributed by atoms with E-state index in [-0.39, 0.29) is 12.5 Å². The third-order valence-corrected chi connectivity index (χ3v) is 3.81. The van der Waals surface area contributed by atoms with Gasteiger partial charge in [-0.05, 0) is 31.9 Å². The summed E-state index contributed by atoms with van der Waals surface area (Å²) in [6.45, 7) is 3.21. The Morgan fingerprint density at radius 1 is 1.39 bits per heavy atom. The highest BCUT2D eigenvalue weighted by Gasteiger charge is 2.28. The van der Waals surface area contributed by atoms with Gasteiger partial charge in [-0.2, -0.15) is 0 Å². The Labute approximate surface area is 108 Å². The largest absolute Gasteiger partial charge is 0.481 e. The summed E-state index contributed by atoms with van der Waals surface area (Å²) in [5.41, 5.74) is 1.12. The molecular formula is C15H21NO2. The molecule has 1 aromatic rings. The Balaban J connectivity index is 2.21. The highest BCUT2D eigenvalue weighted by molar-refractivity contribution is 5.68. The predicted molar refractivity (Wildman–Crippen MR) is 71.5 cm³/mol. The minimum atomic E-state index is -0.721. The van der Waals surface area contributed by atoms with E-state index in [1.807, 2.05) is 30.3 Å². The lowest BCUT2D eigenvalue weighted by atomic mass is 9.95. The van der Waals surface area contributed by atoms with E-state index in [0.717, 1.165) is 12.1 Å². The summed E-state index contributed by atoms with van der Waals surface area (Å²) in [5.74, 6) is -0.721. The maximum atomic E-state index is 11.1. The van der Waals surface area contributed by atoms with E-state index in [2.05, 4.69) is 11.8 Å². The van der Waals surface area contributed by atoms with E-state index in [1.54, 1.807) is 0 Å². The molecule has 0 radical (unpaired) electrons. The number of aliphatic carboxylic acids is 1. The van der Waals surface area contributed by atoms with Gasteiger partial charge in [0, 0.05) is 12.1 Å². The first-order chi connectivity index (χ1) is 8.68. The minimum absolute atomic E-state index is 0.0130. The van der Waals surface area contributed by atoms with Crippen molar-refractivity contribution in [1.29, 1.82) is 0 Å². The zero-order chi connectivity index (χ0) is 13.0. The Bertz CT molecular complexity index is 391. The SMILES string of the molecule is CC1CCCCN1C(CC(=O)O)c1ccccc1. The first kappa shape index (κ1) is 13.1. The summed E-state index contributed by atoms with van der Waals surface area (Å²) < 4.78 is 0. The third kappa shape index (κ3) is 3.10. The summed E-state index contributed by atoms with van der Waals surface area (Å²) >= 11 is 0. The second-order valence-electron chi connectivity index (χ2n) is 5.11.